The predicted octanol–water partition coefficient (Wildman–Crippen LogP) is 5.89. The molecule has 2 radical (unpaired) electrons. The number of hydrogen-bond donors (Lipinski definition) is 0. The number of benzene rings is 1. The first-order chi connectivity index (χ1) is 11.2. The van der Waals surface area contributed by atoms with Crippen molar-refractivity contribution in [3.05, 3.63) is 24.3 Å². The number of fused-ring (bicyclic) bond motifs is 1. The molecule has 0 N–H and O–H groups in total. The molecule has 0 aliphatic carbocycles. The van der Waals surface area contributed by atoms with Gasteiger partial charge in [0, 0.05) is 0 Å². The molecule has 0 amide bonds. The predicted molar refractivity (Wildman–Crippen MR) is 101 cm³/mol. The third kappa shape index (κ3) is 5.51. The standard InChI is InChI=1S/C13H27.C7H4NO.Sn/c1-4-7-10-13(11-8-5-2)12-9-6-3;1-2-4-7-6(3-1)8-5-9-7;/h4-12H2,1-3H3;1-4H;. The molecule has 126 valence electrons. The summed E-state index contributed by atoms with van der Waals surface area (Å²) in [5.41, 5.74) is 2.01. The van der Waals surface area contributed by atoms with Crippen LogP contribution in [0.1, 0.15) is 78.6 Å². The molecule has 0 saturated carbocycles. The third-order valence-electron chi connectivity index (χ3n) is 4.69. The molecule has 0 aliphatic rings. The second kappa shape index (κ2) is 9.70. The van der Waals surface area contributed by atoms with Gasteiger partial charge in [-0.05, 0) is 0 Å². The van der Waals surface area contributed by atoms with Gasteiger partial charge < -0.3 is 0 Å². The molecule has 1 heterocycles. The Morgan fingerprint density at radius 3 is 2.00 bits per heavy atom. The maximum atomic E-state index is 6.13. The Labute approximate surface area is 151 Å². The van der Waals surface area contributed by atoms with Crippen molar-refractivity contribution in [1.29, 1.82) is 0 Å². The summed E-state index contributed by atoms with van der Waals surface area (Å²) in [6, 6.07) is 8.23. The van der Waals surface area contributed by atoms with E-state index in [0.29, 0.717) is 3.43 Å². The fourth-order valence-electron chi connectivity index (χ4n) is 3.26. The van der Waals surface area contributed by atoms with Crippen LogP contribution >= 0.6 is 0 Å². The maximum absolute atomic E-state index is 6.13. The van der Waals surface area contributed by atoms with Crippen LogP contribution < -0.4 is 3.91 Å². The summed E-state index contributed by atoms with van der Waals surface area (Å²) in [5.74, 6) is 0. The van der Waals surface area contributed by atoms with Crippen molar-refractivity contribution < 1.29 is 4.42 Å². The van der Waals surface area contributed by atoms with E-state index in [1.54, 1.807) is 0 Å². The minimum absolute atomic E-state index is 0.548. The van der Waals surface area contributed by atoms with Gasteiger partial charge in [-0.3, -0.25) is 0 Å². The summed E-state index contributed by atoms with van der Waals surface area (Å²) in [7, 11) is 0. The fraction of sp³-hybridized carbons (Fsp3) is 0.650. The molecule has 1 aromatic heterocycles. The van der Waals surface area contributed by atoms with Crippen LogP contribution in [-0.4, -0.2) is 26.1 Å². The Balaban J connectivity index is 2.21. The van der Waals surface area contributed by atoms with E-state index >= 15 is 0 Å². The first-order valence-corrected chi connectivity index (χ1v) is 12.2. The van der Waals surface area contributed by atoms with Crippen molar-refractivity contribution in [3.63, 3.8) is 0 Å². The SMILES string of the molecule is CCCC[C](CCCC)(CCCC)[Sn][c]1nc2ccccc2o1. The van der Waals surface area contributed by atoms with Gasteiger partial charge in [-0.15, -0.1) is 0 Å². The van der Waals surface area contributed by atoms with Crippen LogP contribution in [0.3, 0.4) is 0 Å². The number of oxazole rings is 1. The zero-order chi connectivity index (χ0) is 16.5. The van der Waals surface area contributed by atoms with Gasteiger partial charge in [0.1, 0.15) is 0 Å². The molecule has 0 fully saturated rings. The first kappa shape index (κ1) is 18.8. The van der Waals surface area contributed by atoms with E-state index < -0.39 is 21.1 Å². The number of hydrogen-bond acceptors (Lipinski definition) is 2. The number of para-hydroxylation sites is 2. The van der Waals surface area contributed by atoms with E-state index in [-0.39, 0.29) is 0 Å². The summed E-state index contributed by atoms with van der Waals surface area (Å²) >= 11 is -0.839. The van der Waals surface area contributed by atoms with Crippen LogP contribution in [0.2, 0.25) is 3.43 Å². The summed E-state index contributed by atoms with van der Waals surface area (Å²) < 4.78 is 7.79. The third-order valence-corrected chi connectivity index (χ3v) is 9.57. The van der Waals surface area contributed by atoms with E-state index in [4.69, 9.17) is 9.40 Å². The molecule has 0 unspecified atom stereocenters. The quantitative estimate of drug-likeness (QED) is 0.424. The van der Waals surface area contributed by atoms with Crippen LogP contribution in [0.25, 0.3) is 11.1 Å². The number of nitrogens with zero attached hydrogens (tertiary/aromatic N) is 1. The number of aromatic nitrogens is 1. The topological polar surface area (TPSA) is 26.0 Å². The molecule has 1 aromatic carbocycles. The molecule has 0 saturated heterocycles. The Bertz CT molecular complexity index is 523. The van der Waals surface area contributed by atoms with Crippen LogP contribution in [0, 0.1) is 0 Å². The van der Waals surface area contributed by atoms with Crippen molar-refractivity contribution in [2.24, 2.45) is 0 Å². The van der Waals surface area contributed by atoms with Gasteiger partial charge in [0.05, 0.1) is 0 Å². The zero-order valence-corrected chi connectivity index (χ0v) is 17.9. The molecule has 0 bridgehead atoms. The van der Waals surface area contributed by atoms with Gasteiger partial charge in [-0.25, -0.2) is 0 Å². The van der Waals surface area contributed by atoms with Crippen molar-refractivity contribution in [2.75, 3.05) is 0 Å². The Kier molecular flexibility index (Phi) is 7.94. The molecule has 3 heteroatoms. The average molecular weight is 420 g/mol. The molecular formula is C20H31NOSn. The van der Waals surface area contributed by atoms with Crippen molar-refractivity contribution in [1.82, 2.24) is 4.98 Å². The summed E-state index contributed by atoms with van der Waals surface area (Å²) in [5, 5.41) is 0. The van der Waals surface area contributed by atoms with Gasteiger partial charge in [-0.2, -0.15) is 0 Å². The number of rotatable bonds is 11. The van der Waals surface area contributed by atoms with E-state index in [1.807, 2.05) is 6.07 Å². The number of unbranched alkanes of at least 4 members (excludes halogenated alkanes) is 3. The summed E-state index contributed by atoms with van der Waals surface area (Å²) in [4.78, 5) is 4.83. The molecule has 2 rings (SSSR count). The molecular weight excluding hydrogens is 389 g/mol. The van der Waals surface area contributed by atoms with Gasteiger partial charge >= 0.3 is 152 Å². The fourth-order valence-corrected chi connectivity index (χ4v) is 8.10. The second-order valence-corrected chi connectivity index (χ2v) is 11.7. The van der Waals surface area contributed by atoms with Crippen molar-refractivity contribution in [2.45, 2.75) is 82.0 Å². The molecule has 0 atom stereocenters. The molecule has 0 spiro atoms. The molecule has 2 aromatic rings. The molecule has 0 aliphatic heterocycles. The molecule has 23 heavy (non-hydrogen) atoms. The summed E-state index contributed by atoms with van der Waals surface area (Å²) in [6.45, 7) is 6.94. The second-order valence-electron chi connectivity index (χ2n) is 6.70. The van der Waals surface area contributed by atoms with Gasteiger partial charge in [0.15, 0.2) is 0 Å². The average Bonchev–Trinajstić information content (AvgIpc) is 2.98. The van der Waals surface area contributed by atoms with Crippen LogP contribution in [0.15, 0.2) is 28.7 Å². The van der Waals surface area contributed by atoms with Crippen LogP contribution in [-0.2, 0) is 0 Å². The Hall–Kier alpha value is -0.511. The van der Waals surface area contributed by atoms with Crippen LogP contribution in [0.5, 0.6) is 0 Å². The Morgan fingerprint density at radius 2 is 1.48 bits per heavy atom. The normalized spacial score (nSPS) is 12.1. The molecule has 2 nitrogen and oxygen atoms in total. The van der Waals surface area contributed by atoms with Gasteiger partial charge in [-0.1, -0.05) is 0 Å². The zero-order valence-electron chi connectivity index (χ0n) is 15.0. The van der Waals surface area contributed by atoms with Gasteiger partial charge in [0.25, 0.3) is 0 Å². The van der Waals surface area contributed by atoms with Crippen molar-refractivity contribution >= 4 is 36.1 Å². The van der Waals surface area contributed by atoms with Crippen LogP contribution in [0.4, 0.5) is 0 Å². The van der Waals surface area contributed by atoms with Crippen molar-refractivity contribution in [3.8, 4) is 0 Å². The van der Waals surface area contributed by atoms with E-state index in [0.717, 1.165) is 15.0 Å². The minimum atomic E-state index is -0.839. The Morgan fingerprint density at radius 1 is 0.913 bits per heavy atom. The van der Waals surface area contributed by atoms with E-state index in [9.17, 15) is 0 Å². The van der Waals surface area contributed by atoms with E-state index in [2.05, 4.69) is 39.0 Å². The van der Waals surface area contributed by atoms with E-state index in [1.165, 1.54) is 57.8 Å². The van der Waals surface area contributed by atoms with Gasteiger partial charge in [0.2, 0.25) is 0 Å². The first-order valence-electron chi connectivity index (χ1n) is 9.36. The summed E-state index contributed by atoms with van der Waals surface area (Å²) in [6.07, 6.45) is 12.1. The monoisotopic (exact) mass is 421 g/mol.